The summed E-state index contributed by atoms with van der Waals surface area (Å²) in [6, 6.07) is 8.12. The molecule has 10 nitrogen and oxygen atoms in total. The molecule has 1 aromatic carbocycles. The second kappa shape index (κ2) is 8.36. The van der Waals surface area contributed by atoms with Crippen molar-refractivity contribution in [2.45, 2.75) is 13.5 Å². The third-order valence-electron chi connectivity index (χ3n) is 6.59. The van der Waals surface area contributed by atoms with Crippen LogP contribution >= 0.6 is 0 Å². The van der Waals surface area contributed by atoms with Crippen LogP contribution in [0.3, 0.4) is 0 Å². The van der Waals surface area contributed by atoms with Crippen molar-refractivity contribution in [3.05, 3.63) is 35.9 Å². The van der Waals surface area contributed by atoms with Crippen molar-refractivity contribution in [2.24, 2.45) is 7.05 Å². The number of ether oxygens (including phenoxy) is 1. The summed E-state index contributed by atoms with van der Waals surface area (Å²) in [7, 11) is 2.06. The maximum absolute atomic E-state index is 5.60. The van der Waals surface area contributed by atoms with E-state index in [4.69, 9.17) is 24.7 Å². The van der Waals surface area contributed by atoms with Gasteiger partial charge in [-0.05, 0) is 19.1 Å². The Bertz CT molecular complexity index is 1300. The molecule has 5 heterocycles. The molecule has 0 atom stereocenters. The molecule has 0 radical (unpaired) electrons. The Labute approximate surface area is 192 Å². The van der Waals surface area contributed by atoms with Crippen molar-refractivity contribution in [2.75, 3.05) is 57.4 Å². The maximum atomic E-state index is 5.60. The molecule has 0 bridgehead atoms. The molecular formula is C23H29N9O. The summed E-state index contributed by atoms with van der Waals surface area (Å²) >= 11 is 0. The largest absolute Gasteiger partial charge is 0.378 e. The zero-order valence-electron chi connectivity index (χ0n) is 19.2. The number of nitrogens with zero attached hydrogens (tertiary/aromatic N) is 8. The van der Waals surface area contributed by atoms with Crippen molar-refractivity contribution in [3.63, 3.8) is 0 Å². The summed E-state index contributed by atoms with van der Waals surface area (Å²) in [5, 5.41) is 3.42. The van der Waals surface area contributed by atoms with Gasteiger partial charge in [-0.3, -0.25) is 9.47 Å². The number of aromatic nitrogens is 6. The molecule has 10 heteroatoms. The fourth-order valence-electron chi connectivity index (χ4n) is 4.79. The Kier molecular flexibility index (Phi) is 5.20. The van der Waals surface area contributed by atoms with Gasteiger partial charge in [-0.25, -0.2) is 9.97 Å². The van der Waals surface area contributed by atoms with Crippen molar-refractivity contribution in [1.29, 1.82) is 0 Å². The van der Waals surface area contributed by atoms with Gasteiger partial charge in [0, 0.05) is 46.3 Å². The molecule has 0 spiro atoms. The SMILES string of the molecule is Cc1nc2ccccc2n1-c1nc(N2CCOCC2)c2nc(CN3CCNCC3)n(C)c2n1. The Morgan fingerprint density at radius 1 is 0.970 bits per heavy atom. The van der Waals surface area contributed by atoms with Gasteiger partial charge < -0.3 is 19.5 Å². The lowest BCUT2D eigenvalue weighted by atomic mass is 10.3. The lowest BCUT2D eigenvalue weighted by molar-refractivity contribution is 0.122. The smallest absolute Gasteiger partial charge is 0.239 e. The van der Waals surface area contributed by atoms with Crippen LogP contribution in [0.2, 0.25) is 0 Å². The minimum absolute atomic E-state index is 0.631. The number of anilines is 1. The van der Waals surface area contributed by atoms with Crippen LogP contribution in [0.15, 0.2) is 24.3 Å². The average molecular weight is 448 g/mol. The van der Waals surface area contributed by atoms with Gasteiger partial charge >= 0.3 is 0 Å². The molecule has 0 saturated carbocycles. The number of benzene rings is 1. The number of hydrogen-bond donors (Lipinski definition) is 1. The number of rotatable bonds is 4. The molecule has 0 aliphatic carbocycles. The highest BCUT2D eigenvalue weighted by molar-refractivity contribution is 5.86. The number of morpholine rings is 1. The van der Waals surface area contributed by atoms with Gasteiger partial charge in [0.2, 0.25) is 5.95 Å². The quantitative estimate of drug-likeness (QED) is 0.500. The molecule has 0 unspecified atom stereocenters. The average Bonchev–Trinajstić information content (AvgIpc) is 3.35. The summed E-state index contributed by atoms with van der Waals surface area (Å²) in [4.78, 5) is 24.6. The van der Waals surface area contributed by atoms with Crippen molar-refractivity contribution in [1.82, 2.24) is 39.3 Å². The van der Waals surface area contributed by atoms with E-state index in [0.717, 1.165) is 85.5 Å². The number of piperazine rings is 1. The molecule has 172 valence electrons. The van der Waals surface area contributed by atoms with Crippen LogP contribution < -0.4 is 10.2 Å². The molecule has 33 heavy (non-hydrogen) atoms. The van der Waals surface area contributed by atoms with E-state index in [1.165, 1.54) is 0 Å². The summed E-state index contributed by atoms with van der Waals surface area (Å²) in [5.74, 6) is 3.39. The molecule has 6 rings (SSSR count). The standard InChI is InChI=1S/C23H29N9O/c1-16-25-17-5-3-4-6-18(17)32(16)23-27-21-20(22(28-23)31-11-13-33-14-12-31)26-19(29(21)2)15-30-9-7-24-8-10-30/h3-6,24H,7-15H2,1-2H3. The van der Waals surface area contributed by atoms with Gasteiger partial charge in [-0.15, -0.1) is 0 Å². The van der Waals surface area contributed by atoms with Gasteiger partial charge in [0.05, 0.1) is 30.8 Å². The number of nitrogens with one attached hydrogen (secondary N) is 1. The van der Waals surface area contributed by atoms with Crippen molar-refractivity contribution in [3.8, 4) is 5.95 Å². The van der Waals surface area contributed by atoms with Crippen molar-refractivity contribution < 1.29 is 4.74 Å². The highest BCUT2D eigenvalue weighted by atomic mass is 16.5. The van der Waals surface area contributed by atoms with E-state index >= 15 is 0 Å². The lowest BCUT2D eigenvalue weighted by Gasteiger charge is -2.28. The first-order valence-corrected chi connectivity index (χ1v) is 11.6. The maximum Gasteiger partial charge on any atom is 0.239 e. The lowest BCUT2D eigenvalue weighted by Crippen LogP contribution is -2.43. The number of hydrogen-bond acceptors (Lipinski definition) is 8. The van der Waals surface area contributed by atoms with Gasteiger partial charge in [-0.1, -0.05) is 12.1 Å². The molecule has 4 aromatic rings. The molecule has 2 saturated heterocycles. The van der Waals surface area contributed by atoms with Crippen LogP contribution in [0.4, 0.5) is 5.82 Å². The number of imidazole rings is 2. The molecule has 3 aromatic heterocycles. The molecule has 0 amide bonds. The van der Waals surface area contributed by atoms with E-state index in [2.05, 4.69) is 32.8 Å². The fourth-order valence-corrected chi connectivity index (χ4v) is 4.79. The number of aryl methyl sites for hydroxylation is 2. The van der Waals surface area contributed by atoms with E-state index < -0.39 is 0 Å². The Morgan fingerprint density at radius 2 is 1.76 bits per heavy atom. The predicted octanol–water partition coefficient (Wildman–Crippen LogP) is 1.25. The van der Waals surface area contributed by atoms with Gasteiger partial charge in [0.1, 0.15) is 11.6 Å². The number of para-hydroxylation sites is 2. The first-order chi connectivity index (χ1) is 16.2. The zero-order valence-corrected chi connectivity index (χ0v) is 19.2. The summed E-state index contributed by atoms with van der Waals surface area (Å²) in [6.45, 7) is 9.84. The van der Waals surface area contributed by atoms with E-state index in [-0.39, 0.29) is 0 Å². The molecular weight excluding hydrogens is 418 g/mol. The van der Waals surface area contributed by atoms with Gasteiger partial charge in [-0.2, -0.15) is 9.97 Å². The predicted molar refractivity (Wildman–Crippen MR) is 127 cm³/mol. The second-order valence-electron chi connectivity index (χ2n) is 8.72. The van der Waals surface area contributed by atoms with Gasteiger partial charge in [0.15, 0.2) is 17.0 Å². The summed E-state index contributed by atoms with van der Waals surface area (Å²) in [5.41, 5.74) is 3.65. The molecule has 2 fully saturated rings. The minimum atomic E-state index is 0.631. The number of fused-ring (bicyclic) bond motifs is 2. The Hall–Kier alpha value is -3.08. The summed E-state index contributed by atoms with van der Waals surface area (Å²) < 4.78 is 9.77. The third kappa shape index (κ3) is 3.64. The van der Waals surface area contributed by atoms with Crippen LogP contribution in [0.5, 0.6) is 0 Å². The Morgan fingerprint density at radius 3 is 2.58 bits per heavy atom. The topological polar surface area (TPSA) is 89.2 Å². The highest BCUT2D eigenvalue weighted by Gasteiger charge is 2.24. The first-order valence-electron chi connectivity index (χ1n) is 11.6. The van der Waals surface area contributed by atoms with Gasteiger partial charge in [0.25, 0.3) is 0 Å². The molecule has 1 N–H and O–H groups in total. The monoisotopic (exact) mass is 447 g/mol. The van der Waals surface area contributed by atoms with E-state index in [9.17, 15) is 0 Å². The van der Waals surface area contributed by atoms with Crippen LogP contribution in [0.1, 0.15) is 11.6 Å². The van der Waals surface area contributed by atoms with Crippen LogP contribution in [0.25, 0.3) is 28.1 Å². The van der Waals surface area contributed by atoms with Crippen molar-refractivity contribution >= 4 is 28.0 Å². The van der Waals surface area contributed by atoms with E-state index in [0.29, 0.717) is 19.2 Å². The first kappa shape index (κ1) is 20.5. The summed E-state index contributed by atoms with van der Waals surface area (Å²) in [6.07, 6.45) is 0. The third-order valence-corrected chi connectivity index (χ3v) is 6.59. The van der Waals surface area contributed by atoms with E-state index in [1.807, 2.05) is 29.7 Å². The van der Waals surface area contributed by atoms with Crippen LogP contribution in [-0.2, 0) is 18.3 Å². The van der Waals surface area contributed by atoms with E-state index in [1.54, 1.807) is 0 Å². The zero-order chi connectivity index (χ0) is 22.4. The highest BCUT2D eigenvalue weighted by Crippen LogP contribution is 2.28. The minimum Gasteiger partial charge on any atom is -0.378 e. The van der Waals surface area contributed by atoms with Crippen LogP contribution in [-0.4, -0.2) is 86.5 Å². The molecule has 2 aliphatic heterocycles. The fraction of sp³-hybridized carbons (Fsp3) is 0.478. The molecule has 2 aliphatic rings. The van der Waals surface area contributed by atoms with Crippen LogP contribution in [0, 0.1) is 6.92 Å². The Balaban J connectivity index is 1.52. The second-order valence-corrected chi connectivity index (χ2v) is 8.72. The normalized spacial score (nSPS) is 17.9.